The summed E-state index contributed by atoms with van der Waals surface area (Å²) in [4.78, 5) is 43.3. The van der Waals surface area contributed by atoms with Crippen LogP contribution in [0.1, 0.15) is 49.5 Å². The van der Waals surface area contributed by atoms with Crippen LogP contribution < -0.4 is 15.4 Å². The van der Waals surface area contributed by atoms with Crippen LogP contribution in [0.5, 0.6) is 5.75 Å². The number of benzene rings is 1. The number of carbonyl (C=O) groups is 3. The van der Waals surface area contributed by atoms with E-state index in [4.69, 9.17) is 15.2 Å². The third-order valence-corrected chi connectivity index (χ3v) is 6.48. The average molecular weight is 477 g/mol. The number of nitrogens with zero attached hydrogens (tertiary/aromatic N) is 3. The lowest BCUT2D eigenvalue weighted by Gasteiger charge is -2.42. The molecule has 1 aromatic rings. The van der Waals surface area contributed by atoms with Crippen LogP contribution in [0.2, 0.25) is 0 Å². The molecule has 0 spiro atoms. The van der Waals surface area contributed by atoms with Gasteiger partial charge in [-0.3, -0.25) is 9.59 Å². The summed E-state index contributed by atoms with van der Waals surface area (Å²) in [7, 11) is 1.51. The molecule has 34 heavy (non-hydrogen) atoms. The first-order chi connectivity index (χ1) is 16.0. The van der Waals surface area contributed by atoms with E-state index in [0.29, 0.717) is 35.5 Å². The van der Waals surface area contributed by atoms with E-state index in [2.05, 4.69) is 0 Å². The fourth-order valence-electron chi connectivity index (χ4n) is 4.91. The van der Waals surface area contributed by atoms with Crippen molar-refractivity contribution < 1.29 is 29.0 Å². The Morgan fingerprint density at radius 2 is 2.09 bits per heavy atom. The summed E-state index contributed by atoms with van der Waals surface area (Å²) in [6.07, 6.45) is 0.452. The monoisotopic (exact) mass is 476 g/mol. The quantitative estimate of drug-likeness (QED) is 0.617. The van der Waals surface area contributed by atoms with Gasteiger partial charge in [-0.25, -0.2) is 4.79 Å². The minimum Gasteiger partial charge on any atom is -0.473 e. The molecule has 10 heteroatoms. The van der Waals surface area contributed by atoms with Crippen LogP contribution in [-0.4, -0.2) is 90.4 Å². The van der Waals surface area contributed by atoms with Crippen molar-refractivity contribution in [3.05, 3.63) is 23.3 Å². The zero-order valence-electron chi connectivity index (χ0n) is 20.7. The van der Waals surface area contributed by atoms with Crippen LogP contribution in [-0.2, 0) is 9.53 Å². The Labute approximate surface area is 200 Å². The Morgan fingerprint density at radius 3 is 2.68 bits per heavy atom. The number of carbonyl (C=O) groups excluding carboxylic acids is 2. The number of amides is 3. The Kier molecular flexibility index (Phi) is 7.72. The van der Waals surface area contributed by atoms with Gasteiger partial charge in [-0.1, -0.05) is 0 Å². The van der Waals surface area contributed by atoms with E-state index in [0.717, 1.165) is 6.42 Å². The second-order valence-corrected chi connectivity index (χ2v) is 9.48. The zero-order valence-corrected chi connectivity index (χ0v) is 20.7. The lowest BCUT2D eigenvalue weighted by Crippen LogP contribution is -2.58. The van der Waals surface area contributed by atoms with Gasteiger partial charge in [0.05, 0.1) is 18.3 Å². The fourth-order valence-corrected chi connectivity index (χ4v) is 4.91. The first kappa shape index (κ1) is 25.8. The van der Waals surface area contributed by atoms with Crippen molar-refractivity contribution in [1.29, 1.82) is 0 Å². The van der Waals surface area contributed by atoms with Crippen LogP contribution in [0.4, 0.5) is 10.5 Å². The lowest BCUT2D eigenvalue weighted by atomic mass is 9.97. The molecule has 3 amide bonds. The van der Waals surface area contributed by atoms with E-state index in [-0.39, 0.29) is 50.1 Å². The highest BCUT2D eigenvalue weighted by Gasteiger charge is 2.45. The second-order valence-electron chi connectivity index (χ2n) is 9.48. The molecule has 1 unspecified atom stereocenters. The van der Waals surface area contributed by atoms with Crippen molar-refractivity contribution in [2.45, 2.75) is 58.2 Å². The van der Waals surface area contributed by atoms with E-state index in [9.17, 15) is 19.5 Å². The molecule has 0 aliphatic carbocycles. The number of piperidine rings is 1. The van der Waals surface area contributed by atoms with Crippen LogP contribution >= 0.6 is 0 Å². The summed E-state index contributed by atoms with van der Waals surface area (Å²) < 4.78 is 11.3. The average Bonchev–Trinajstić information content (AvgIpc) is 2.77. The number of hydrogen-bond acceptors (Lipinski definition) is 6. The van der Waals surface area contributed by atoms with Gasteiger partial charge >= 0.3 is 6.09 Å². The molecule has 0 radical (unpaired) electrons. The first-order valence-corrected chi connectivity index (χ1v) is 11.7. The maximum absolute atomic E-state index is 13.8. The van der Waals surface area contributed by atoms with E-state index in [1.165, 1.54) is 12.0 Å². The van der Waals surface area contributed by atoms with E-state index < -0.39 is 11.7 Å². The predicted octanol–water partition coefficient (Wildman–Crippen LogP) is 2.08. The van der Waals surface area contributed by atoms with Crippen LogP contribution in [0.3, 0.4) is 0 Å². The molecule has 188 valence electrons. The van der Waals surface area contributed by atoms with Crippen molar-refractivity contribution in [1.82, 2.24) is 9.80 Å². The normalized spacial score (nSPS) is 22.4. The largest absolute Gasteiger partial charge is 0.473 e. The molecular weight excluding hydrogens is 440 g/mol. The van der Waals surface area contributed by atoms with Crippen LogP contribution in [0, 0.1) is 6.92 Å². The second kappa shape index (κ2) is 10.2. The standard InChI is InChI=1S/C24H36N4O6/c1-15(2)28(17-7-6-9-26(13-17)23(31)32)21(29)18-12-19-20(11-16(18)3)34-24(4,14-33-5)22(30)27(19)10-8-25/h11-12,15,17H,6-10,13-14,25H2,1-5H3,(H,31,32)/t17-,24?/m1/s1. The summed E-state index contributed by atoms with van der Waals surface area (Å²) in [5.74, 6) is 0.0185. The number of carboxylic acid groups (broad SMARTS) is 1. The van der Waals surface area contributed by atoms with Gasteiger partial charge in [-0.2, -0.15) is 0 Å². The third-order valence-electron chi connectivity index (χ3n) is 6.48. The Balaban J connectivity index is 2.01. The van der Waals surface area contributed by atoms with Crippen molar-refractivity contribution >= 4 is 23.6 Å². The Hall–Kier alpha value is -2.85. The summed E-state index contributed by atoms with van der Waals surface area (Å²) in [6, 6.07) is 3.11. The summed E-state index contributed by atoms with van der Waals surface area (Å²) in [5, 5.41) is 9.45. The van der Waals surface area contributed by atoms with E-state index in [1.54, 1.807) is 28.9 Å². The molecule has 3 N–H and O–H groups in total. The van der Waals surface area contributed by atoms with Crippen LogP contribution in [0.25, 0.3) is 0 Å². The minimum atomic E-state index is -1.19. The maximum atomic E-state index is 13.8. The highest BCUT2D eigenvalue weighted by Crippen LogP contribution is 2.40. The molecule has 10 nitrogen and oxygen atoms in total. The van der Waals surface area contributed by atoms with Gasteiger partial charge in [0.1, 0.15) is 5.75 Å². The maximum Gasteiger partial charge on any atom is 0.407 e. The summed E-state index contributed by atoms with van der Waals surface area (Å²) in [5.41, 5.74) is 6.27. The van der Waals surface area contributed by atoms with Gasteiger partial charge < -0.3 is 35.0 Å². The topological polar surface area (TPSA) is 126 Å². The SMILES string of the molecule is COCC1(C)Oc2cc(C)c(C(=O)N(C(C)C)[C@@H]3CCCN(C(=O)O)C3)cc2N(CCN)C1=O. The Bertz CT molecular complexity index is 952. The first-order valence-electron chi connectivity index (χ1n) is 11.7. The smallest absolute Gasteiger partial charge is 0.407 e. The number of likely N-dealkylation sites (tertiary alicyclic amines) is 1. The number of methoxy groups -OCH3 is 1. The minimum absolute atomic E-state index is 0.0783. The van der Waals surface area contributed by atoms with Crippen molar-refractivity contribution in [2.24, 2.45) is 5.73 Å². The fraction of sp³-hybridized carbons (Fsp3) is 0.625. The highest BCUT2D eigenvalue weighted by molar-refractivity contribution is 6.05. The molecule has 2 aliphatic rings. The number of hydrogen-bond donors (Lipinski definition) is 2. The number of anilines is 1. The van der Waals surface area contributed by atoms with E-state index >= 15 is 0 Å². The van der Waals surface area contributed by atoms with Gasteiger partial charge in [0, 0.05) is 44.9 Å². The van der Waals surface area contributed by atoms with Gasteiger partial charge in [-0.15, -0.1) is 0 Å². The molecule has 2 atom stereocenters. The van der Waals surface area contributed by atoms with E-state index in [1.807, 2.05) is 20.8 Å². The number of rotatable bonds is 7. The molecule has 3 rings (SSSR count). The number of nitrogens with two attached hydrogens (primary N) is 1. The molecule has 1 saturated heterocycles. The highest BCUT2D eigenvalue weighted by atomic mass is 16.5. The van der Waals surface area contributed by atoms with Gasteiger partial charge in [-0.05, 0) is 58.2 Å². The molecule has 0 bridgehead atoms. The zero-order chi connectivity index (χ0) is 25.2. The molecule has 1 aromatic carbocycles. The van der Waals surface area contributed by atoms with Crippen LogP contribution in [0.15, 0.2) is 12.1 Å². The number of fused-ring (bicyclic) bond motifs is 1. The number of aryl methyl sites for hydroxylation is 1. The van der Waals surface area contributed by atoms with Gasteiger partial charge in [0.2, 0.25) is 5.60 Å². The van der Waals surface area contributed by atoms with Gasteiger partial charge in [0.15, 0.2) is 0 Å². The number of ether oxygens (including phenoxy) is 2. The molecule has 0 saturated carbocycles. The molecule has 1 fully saturated rings. The lowest BCUT2D eigenvalue weighted by molar-refractivity contribution is -0.138. The molecular formula is C24H36N4O6. The molecule has 2 heterocycles. The predicted molar refractivity (Wildman–Crippen MR) is 127 cm³/mol. The summed E-state index contributed by atoms with van der Waals surface area (Å²) >= 11 is 0. The summed E-state index contributed by atoms with van der Waals surface area (Å²) in [6.45, 7) is 8.70. The molecule has 2 aliphatic heterocycles. The van der Waals surface area contributed by atoms with Crippen molar-refractivity contribution in [2.75, 3.05) is 44.8 Å². The third kappa shape index (κ3) is 4.83. The Morgan fingerprint density at radius 1 is 1.38 bits per heavy atom. The van der Waals surface area contributed by atoms with Crippen molar-refractivity contribution in [3.63, 3.8) is 0 Å². The molecule has 0 aromatic heterocycles. The van der Waals surface area contributed by atoms with Gasteiger partial charge in [0.25, 0.3) is 11.8 Å². The van der Waals surface area contributed by atoms with Crippen molar-refractivity contribution in [3.8, 4) is 5.75 Å².